The lowest BCUT2D eigenvalue weighted by Gasteiger charge is -2.06. The third kappa shape index (κ3) is 3.16. The second-order valence-electron chi connectivity index (χ2n) is 3.88. The van der Waals surface area contributed by atoms with Gasteiger partial charge < -0.3 is 4.90 Å². The van der Waals surface area contributed by atoms with Crippen LogP contribution in [0.15, 0.2) is 38.2 Å². The van der Waals surface area contributed by atoms with Crippen LogP contribution in [0.3, 0.4) is 0 Å². The Hall–Kier alpha value is -0.780. The molecule has 0 fully saturated rings. The molecule has 0 saturated heterocycles. The van der Waals surface area contributed by atoms with E-state index in [0.717, 1.165) is 20.1 Å². The number of hydrogen-bond acceptors (Lipinski definition) is 3. The summed E-state index contributed by atoms with van der Waals surface area (Å²) in [7, 11) is 3.87. The number of hydrogen-bond donors (Lipinski definition) is 0. The summed E-state index contributed by atoms with van der Waals surface area (Å²) in [4.78, 5) is 7.02. The maximum Gasteiger partial charge on any atom is 0.136 e. The van der Waals surface area contributed by atoms with Gasteiger partial charge in [-0.1, -0.05) is 27.5 Å². The largest absolute Gasteiger partial charge is 0.368 e. The predicted molar refractivity (Wildman–Crippen MR) is 82.5 cm³/mol. The van der Waals surface area contributed by atoms with E-state index in [2.05, 4.69) is 25.3 Å². The Morgan fingerprint density at radius 3 is 2.89 bits per heavy atom. The highest BCUT2D eigenvalue weighted by Gasteiger charge is 2.07. The van der Waals surface area contributed by atoms with Gasteiger partial charge in [0.15, 0.2) is 0 Å². The highest BCUT2D eigenvalue weighted by Crippen LogP contribution is 2.34. The summed E-state index contributed by atoms with van der Waals surface area (Å²) < 4.78 is 5.26. The van der Waals surface area contributed by atoms with Crippen molar-refractivity contribution in [3.8, 4) is 0 Å². The fourth-order valence-corrected chi connectivity index (χ4v) is 3.06. The molecule has 18 heavy (non-hydrogen) atoms. The van der Waals surface area contributed by atoms with Gasteiger partial charge in [0, 0.05) is 52.4 Å². The monoisotopic (exact) mass is 343 g/mol. The first-order valence-electron chi connectivity index (χ1n) is 5.18. The summed E-state index contributed by atoms with van der Waals surface area (Å²) >= 11 is 11.0. The molecule has 0 aliphatic carbocycles. The Balaban J connectivity index is 2.46. The van der Waals surface area contributed by atoms with Gasteiger partial charge in [-0.2, -0.15) is 0 Å². The van der Waals surface area contributed by atoms with Crippen molar-refractivity contribution in [3.63, 3.8) is 0 Å². The second-order valence-corrected chi connectivity index (χ2v) is 5.98. The lowest BCUT2D eigenvalue weighted by atomic mass is 10.2. The number of halogens is 2. The zero-order chi connectivity index (χ0) is 13.1. The number of rotatable bonds is 3. The second kappa shape index (κ2) is 5.91. The molecule has 0 bridgehead atoms. The van der Waals surface area contributed by atoms with Gasteiger partial charge in [-0.25, -0.2) is 9.38 Å². The molecule has 3 nitrogen and oxygen atoms in total. The molecule has 94 valence electrons. The van der Waals surface area contributed by atoms with Gasteiger partial charge in [0.2, 0.25) is 0 Å². The summed E-state index contributed by atoms with van der Waals surface area (Å²) in [5.74, 6) is 0. The fourth-order valence-electron chi connectivity index (χ4n) is 1.43. The zero-order valence-electron chi connectivity index (χ0n) is 9.89. The third-order valence-electron chi connectivity index (χ3n) is 2.19. The van der Waals surface area contributed by atoms with Crippen LogP contribution in [0.4, 0.5) is 0 Å². The van der Waals surface area contributed by atoms with Crippen LogP contribution in [0.5, 0.6) is 0 Å². The van der Waals surface area contributed by atoms with E-state index in [1.165, 1.54) is 11.9 Å². The van der Waals surface area contributed by atoms with Crippen LogP contribution < -0.4 is 0 Å². The summed E-state index contributed by atoms with van der Waals surface area (Å²) in [5, 5.41) is 2.49. The smallest absolute Gasteiger partial charge is 0.136 e. The third-order valence-corrected chi connectivity index (χ3v) is 3.68. The minimum Gasteiger partial charge on any atom is -0.368 e. The molecule has 1 aromatic carbocycles. The van der Waals surface area contributed by atoms with E-state index in [4.69, 9.17) is 11.6 Å². The average Bonchev–Trinajstić information content (AvgIpc) is 2.30. The van der Waals surface area contributed by atoms with Gasteiger partial charge in [0.1, 0.15) is 5.15 Å². The summed E-state index contributed by atoms with van der Waals surface area (Å²) in [5.41, 5.74) is 0. The van der Waals surface area contributed by atoms with Crippen molar-refractivity contribution in [1.82, 2.24) is 9.88 Å². The molecular formula is C12H11BrClN3S. The van der Waals surface area contributed by atoms with Crippen LogP contribution in [0.1, 0.15) is 0 Å². The van der Waals surface area contributed by atoms with Crippen LogP contribution >= 0.6 is 39.5 Å². The molecule has 2 aromatic rings. The molecule has 0 amide bonds. The Labute approximate surface area is 124 Å². The first-order valence-corrected chi connectivity index (χ1v) is 7.13. The molecule has 0 N–H and O–H groups in total. The summed E-state index contributed by atoms with van der Waals surface area (Å²) in [6, 6.07) is 5.93. The van der Waals surface area contributed by atoms with Crippen molar-refractivity contribution < 1.29 is 0 Å². The predicted octanol–water partition coefficient (Wildman–Crippen LogP) is 4.25. The average molecular weight is 345 g/mol. The molecule has 2 rings (SSSR count). The van der Waals surface area contributed by atoms with Crippen LogP contribution in [0.25, 0.3) is 10.8 Å². The number of nitrogens with zero attached hydrogens (tertiary/aromatic N) is 3. The van der Waals surface area contributed by atoms with Crippen LogP contribution in [-0.2, 0) is 0 Å². The minimum atomic E-state index is 0.507. The molecule has 1 aromatic heterocycles. The molecule has 0 aliphatic rings. The van der Waals surface area contributed by atoms with Gasteiger partial charge in [0.25, 0.3) is 0 Å². The van der Waals surface area contributed by atoms with E-state index in [9.17, 15) is 0 Å². The lowest BCUT2D eigenvalue weighted by molar-refractivity contribution is 0.645. The van der Waals surface area contributed by atoms with Crippen molar-refractivity contribution in [3.05, 3.63) is 34.0 Å². The molecular weight excluding hydrogens is 334 g/mol. The van der Waals surface area contributed by atoms with Gasteiger partial charge in [0.05, 0.1) is 6.34 Å². The van der Waals surface area contributed by atoms with Crippen LogP contribution in [0.2, 0.25) is 5.15 Å². The van der Waals surface area contributed by atoms with Crippen molar-refractivity contribution in [2.24, 2.45) is 4.40 Å². The van der Waals surface area contributed by atoms with Gasteiger partial charge in [-0.15, -0.1) is 0 Å². The topological polar surface area (TPSA) is 28.5 Å². The highest BCUT2D eigenvalue weighted by atomic mass is 79.9. The highest BCUT2D eigenvalue weighted by molar-refractivity contribution is 9.10. The molecule has 0 radical (unpaired) electrons. The first-order chi connectivity index (χ1) is 8.58. The number of aromatic nitrogens is 1. The maximum absolute atomic E-state index is 6.10. The van der Waals surface area contributed by atoms with E-state index in [0.29, 0.717) is 5.15 Å². The Morgan fingerprint density at radius 1 is 1.39 bits per heavy atom. The fraction of sp³-hybridized carbons (Fsp3) is 0.167. The van der Waals surface area contributed by atoms with E-state index in [1.54, 1.807) is 12.5 Å². The molecule has 6 heteroatoms. The molecule has 0 unspecified atom stereocenters. The van der Waals surface area contributed by atoms with E-state index in [-0.39, 0.29) is 0 Å². The van der Waals surface area contributed by atoms with Crippen molar-refractivity contribution in [2.45, 2.75) is 4.90 Å². The van der Waals surface area contributed by atoms with E-state index < -0.39 is 0 Å². The van der Waals surface area contributed by atoms with Gasteiger partial charge in [-0.05, 0) is 18.2 Å². The Bertz CT molecular complexity index is 601. The molecule has 1 heterocycles. The van der Waals surface area contributed by atoms with Crippen molar-refractivity contribution in [2.75, 3.05) is 14.1 Å². The summed E-state index contributed by atoms with van der Waals surface area (Å²) in [6.07, 6.45) is 3.47. The normalized spacial score (nSPS) is 11.3. The van der Waals surface area contributed by atoms with Crippen molar-refractivity contribution >= 4 is 56.6 Å². The van der Waals surface area contributed by atoms with Crippen LogP contribution in [0, 0.1) is 0 Å². The lowest BCUT2D eigenvalue weighted by Crippen LogP contribution is -2.06. The first kappa shape index (κ1) is 13.6. The van der Waals surface area contributed by atoms with Crippen molar-refractivity contribution in [1.29, 1.82) is 0 Å². The SMILES string of the molecule is CN(C)/C=N/Sc1cc(Br)cc2c(Cl)nccc12. The molecule has 0 spiro atoms. The number of benzene rings is 1. The van der Waals surface area contributed by atoms with E-state index >= 15 is 0 Å². The Kier molecular flexibility index (Phi) is 4.48. The molecule has 0 atom stereocenters. The van der Waals surface area contributed by atoms with E-state index in [1.807, 2.05) is 37.2 Å². The zero-order valence-corrected chi connectivity index (χ0v) is 13.1. The molecule has 0 aliphatic heterocycles. The molecule has 0 saturated carbocycles. The Morgan fingerprint density at radius 2 is 2.17 bits per heavy atom. The summed E-state index contributed by atoms with van der Waals surface area (Å²) in [6.45, 7) is 0. The minimum absolute atomic E-state index is 0.507. The quantitative estimate of drug-likeness (QED) is 0.361. The standard InChI is InChI=1S/C12H11BrClN3S/c1-17(2)7-16-18-11-6-8(13)5-10-9(11)3-4-15-12(10)14/h3-7H,1-2H3/b16-7+. The number of fused-ring (bicyclic) bond motifs is 1. The van der Waals surface area contributed by atoms with Gasteiger partial charge >= 0.3 is 0 Å². The van der Waals surface area contributed by atoms with Crippen LogP contribution in [-0.4, -0.2) is 30.3 Å². The number of pyridine rings is 1. The van der Waals surface area contributed by atoms with Gasteiger partial charge in [-0.3, -0.25) is 0 Å². The maximum atomic E-state index is 6.10.